The second-order valence-corrected chi connectivity index (χ2v) is 8.33. The molecule has 152 valence electrons. The molecule has 1 amide bonds. The molecular weight excluding hydrogens is 397 g/mol. The third-order valence-corrected chi connectivity index (χ3v) is 6.19. The highest BCUT2D eigenvalue weighted by molar-refractivity contribution is 7.89. The predicted molar refractivity (Wildman–Crippen MR) is 93.9 cm³/mol. The van der Waals surface area contributed by atoms with Crippen LogP contribution in [0, 0.1) is 0 Å². The van der Waals surface area contributed by atoms with E-state index in [4.69, 9.17) is 4.42 Å². The maximum atomic E-state index is 12.7. The second kappa shape index (κ2) is 7.96. The Morgan fingerprint density at radius 1 is 1.11 bits per heavy atom. The molecule has 2 heterocycles. The molecule has 28 heavy (non-hydrogen) atoms. The SMILES string of the molecule is O=C(NCc1cccc(C(F)(F)F)c1)c1ccc(S(=O)(=O)N2CCCCC2)o1. The van der Waals surface area contributed by atoms with Gasteiger partial charge in [-0.1, -0.05) is 18.6 Å². The van der Waals surface area contributed by atoms with Crippen LogP contribution in [0.4, 0.5) is 13.2 Å². The molecule has 2 aromatic rings. The Bertz CT molecular complexity index is 948. The summed E-state index contributed by atoms with van der Waals surface area (Å²) in [6, 6.07) is 7.02. The zero-order chi connectivity index (χ0) is 20.4. The van der Waals surface area contributed by atoms with Crippen LogP contribution in [0.2, 0.25) is 0 Å². The van der Waals surface area contributed by atoms with Crippen molar-refractivity contribution in [2.45, 2.75) is 37.1 Å². The molecule has 0 bridgehead atoms. The number of furan rings is 1. The van der Waals surface area contributed by atoms with Crippen molar-refractivity contribution in [3.05, 3.63) is 53.3 Å². The van der Waals surface area contributed by atoms with E-state index < -0.39 is 27.7 Å². The first-order valence-corrected chi connectivity index (χ1v) is 10.2. The molecule has 0 aliphatic carbocycles. The Balaban J connectivity index is 1.66. The van der Waals surface area contributed by atoms with Crippen LogP contribution in [0.5, 0.6) is 0 Å². The molecule has 1 N–H and O–H groups in total. The highest BCUT2D eigenvalue weighted by Gasteiger charge is 2.31. The molecule has 1 aliphatic rings. The molecule has 3 rings (SSSR count). The van der Waals surface area contributed by atoms with Crippen molar-refractivity contribution in [3.63, 3.8) is 0 Å². The summed E-state index contributed by atoms with van der Waals surface area (Å²) in [5.74, 6) is -0.930. The molecule has 0 spiro atoms. The molecule has 0 atom stereocenters. The van der Waals surface area contributed by atoms with Crippen LogP contribution in [0.25, 0.3) is 0 Å². The number of rotatable bonds is 5. The minimum Gasteiger partial charge on any atom is -0.438 e. The molecule has 1 aromatic carbocycles. The van der Waals surface area contributed by atoms with E-state index in [0.717, 1.165) is 31.4 Å². The lowest BCUT2D eigenvalue weighted by atomic mass is 10.1. The van der Waals surface area contributed by atoms with E-state index in [2.05, 4.69) is 5.32 Å². The van der Waals surface area contributed by atoms with Crippen molar-refractivity contribution in [2.75, 3.05) is 13.1 Å². The number of carbonyl (C=O) groups is 1. The van der Waals surface area contributed by atoms with Crippen LogP contribution < -0.4 is 5.32 Å². The van der Waals surface area contributed by atoms with Gasteiger partial charge in [-0.2, -0.15) is 17.5 Å². The van der Waals surface area contributed by atoms with Crippen LogP contribution in [0.15, 0.2) is 45.9 Å². The third-order valence-electron chi connectivity index (χ3n) is 4.42. The Morgan fingerprint density at radius 3 is 2.50 bits per heavy atom. The van der Waals surface area contributed by atoms with E-state index in [-0.39, 0.29) is 23.0 Å². The fraction of sp³-hybridized carbons (Fsp3) is 0.389. The van der Waals surface area contributed by atoms with Crippen LogP contribution in [0.1, 0.15) is 40.9 Å². The first-order valence-electron chi connectivity index (χ1n) is 8.72. The summed E-state index contributed by atoms with van der Waals surface area (Å²) < 4.78 is 69.8. The molecule has 6 nitrogen and oxygen atoms in total. The number of carbonyl (C=O) groups excluding carboxylic acids is 1. The monoisotopic (exact) mass is 416 g/mol. The summed E-state index contributed by atoms with van der Waals surface area (Å²) in [7, 11) is -3.80. The average molecular weight is 416 g/mol. The lowest BCUT2D eigenvalue weighted by Gasteiger charge is -2.24. The van der Waals surface area contributed by atoms with Gasteiger partial charge in [-0.15, -0.1) is 0 Å². The van der Waals surface area contributed by atoms with Gasteiger partial charge < -0.3 is 9.73 Å². The molecular formula is C18H19F3N2O4S. The van der Waals surface area contributed by atoms with E-state index in [1.807, 2.05) is 0 Å². The van der Waals surface area contributed by atoms with Crippen LogP contribution in [0.3, 0.4) is 0 Å². The number of sulfonamides is 1. The van der Waals surface area contributed by atoms with E-state index in [0.29, 0.717) is 13.1 Å². The molecule has 10 heteroatoms. The predicted octanol–water partition coefficient (Wildman–Crippen LogP) is 3.40. The van der Waals surface area contributed by atoms with Gasteiger partial charge in [0.2, 0.25) is 5.09 Å². The van der Waals surface area contributed by atoms with Crippen molar-refractivity contribution in [1.29, 1.82) is 0 Å². The number of hydrogen-bond donors (Lipinski definition) is 1. The molecule has 0 saturated carbocycles. The molecule has 1 aromatic heterocycles. The van der Waals surface area contributed by atoms with Gasteiger partial charge in [0.25, 0.3) is 15.9 Å². The maximum Gasteiger partial charge on any atom is 0.416 e. The first-order chi connectivity index (χ1) is 13.2. The van der Waals surface area contributed by atoms with E-state index >= 15 is 0 Å². The summed E-state index contributed by atoms with van der Waals surface area (Å²) >= 11 is 0. The van der Waals surface area contributed by atoms with Gasteiger partial charge in [-0.25, -0.2) is 8.42 Å². The number of amides is 1. The van der Waals surface area contributed by atoms with Gasteiger partial charge in [0.05, 0.1) is 5.56 Å². The number of hydrogen-bond acceptors (Lipinski definition) is 4. The number of nitrogens with one attached hydrogen (secondary N) is 1. The summed E-state index contributed by atoms with van der Waals surface area (Å²) in [6.45, 7) is 0.651. The lowest BCUT2D eigenvalue weighted by molar-refractivity contribution is -0.137. The topological polar surface area (TPSA) is 79.6 Å². The minimum absolute atomic E-state index is 0.155. The Morgan fingerprint density at radius 2 is 1.82 bits per heavy atom. The van der Waals surface area contributed by atoms with Gasteiger partial charge in [-0.05, 0) is 42.7 Å². The standard InChI is InChI=1S/C18H19F3N2O4S/c19-18(20,21)14-6-4-5-13(11-14)12-22-17(24)15-7-8-16(27-15)28(25,26)23-9-2-1-3-10-23/h4-8,11H,1-3,9-10,12H2,(H,22,24). The van der Waals surface area contributed by atoms with Crippen molar-refractivity contribution in [3.8, 4) is 0 Å². The number of piperidine rings is 1. The van der Waals surface area contributed by atoms with Crippen molar-refractivity contribution >= 4 is 15.9 Å². The van der Waals surface area contributed by atoms with Crippen LogP contribution in [-0.4, -0.2) is 31.7 Å². The minimum atomic E-state index is -4.47. The molecule has 1 fully saturated rings. The van der Waals surface area contributed by atoms with Crippen molar-refractivity contribution < 1.29 is 30.8 Å². The quantitative estimate of drug-likeness (QED) is 0.810. The summed E-state index contributed by atoms with van der Waals surface area (Å²) in [5.41, 5.74) is -0.553. The van der Waals surface area contributed by atoms with Gasteiger partial charge in [0.1, 0.15) is 0 Å². The zero-order valence-electron chi connectivity index (χ0n) is 14.8. The van der Waals surface area contributed by atoms with Crippen LogP contribution >= 0.6 is 0 Å². The van der Waals surface area contributed by atoms with Gasteiger partial charge >= 0.3 is 6.18 Å². The van der Waals surface area contributed by atoms with Crippen LogP contribution in [-0.2, 0) is 22.7 Å². The summed E-state index contributed by atoms with van der Waals surface area (Å²) in [6.07, 6.45) is -1.97. The smallest absolute Gasteiger partial charge is 0.416 e. The molecule has 0 radical (unpaired) electrons. The number of halogens is 3. The van der Waals surface area contributed by atoms with E-state index in [9.17, 15) is 26.4 Å². The lowest BCUT2D eigenvalue weighted by Crippen LogP contribution is -2.35. The Labute approximate surface area is 160 Å². The zero-order valence-corrected chi connectivity index (χ0v) is 15.6. The summed E-state index contributed by atoms with van der Waals surface area (Å²) in [4.78, 5) is 12.2. The highest BCUT2D eigenvalue weighted by Crippen LogP contribution is 2.29. The van der Waals surface area contributed by atoms with Crippen molar-refractivity contribution in [1.82, 2.24) is 9.62 Å². The van der Waals surface area contributed by atoms with Gasteiger partial charge in [-0.3, -0.25) is 4.79 Å². The largest absolute Gasteiger partial charge is 0.438 e. The number of benzene rings is 1. The first kappa shape index (κ1) is 20.4. The molecule has 1 saturated heterocycles. The maximum absolute atomic E-state index is 12.7. The fourth-order valence-electron chi connectivity index (χ4n) is 2.94. The van der Waals surface area contributed by atoms with Crippen molar-refractivity contribution in [2.24, 2.45) is 0 Å². The third kappa shape index (κ3) is 4.56. The fourth-order valence-corrected chi connectivity index (χ4v) is 4.37. The van der Waals surface area contributed by atoms with Gasteiger partial charge in [0.15, 0.2) is 5.76 Å². The normalized spacial score (nSPS) is 16.1. The number of nitrogens with zero attached hydrogens (tertiary/aromatic N) is 1. The second-order valence-electron chi connectivity index (χ2n) is 6.46. The van der Waals surface area contributed by atoms with E-state index in [1.165, 1.54) is 28.6 Å². The van der Waals surface area contributed by atoms with Gasteiger partial charge in [0, 0.05) is 19.6 Å². The summed E-state index contributed by atoms with van der Waals surface area (Å²) in [5, 5.41) is 2.11. The Kier molecular flexibility index (Phi) is 5.80. The molecule has 1 aliphatic heterocycles. The van der Waals surface area contributed by atoms with E-state index in [1.54, 1.807) is 0 Å². The number of alkyl halides is 3. The average Bonchev–Trinajstić information content (AvgIpc) is 3.17. The molecule has 0 unspecified atom stereocenters. The highest BCUT2D eigenvalue weighted by atomic mass is 32.2. The Hall–Kier alpha value is -2.33.